The van der Waals surface area contributed by atoms with E-state index in [2.05, 4.69) is 22.8 Å². The Bertz CT molecular complexity index is 1330. The highest BCUT2D eigenvalue weighted by molar-refractivity contribution is 5.94. The number of hydrogen-bond acceptors (Lipinski definition) is 7. The molecular weight excluding hydrogens is 558 g/mol. The SMILES string of the molecule is COc1ccccc1COCCCOc1ccc(C2CCNCC2OCC(=O)N(C)c2ccccc2CCNC(C)=O)cc1. The Morgan fingerprint density at radius 3 is 2.50 bits per heavy atom. The summed E-state index contributed by atoms with van der Waals surface area (Å²) in [6.07, 6.45) is 2.22. The largest absolute Gasteiger partial charge is 0.496 e. The fraction of sp³-hybridized carbons (Fsp3) is 0.429. The van der Waals surface area contributed by atoms with Crippen LogP contribution in [0.5, 0.6) is 11.5 Å². The van der Waals surface area contributed by atoms with Crippen LogP contribution in [0.2, 0.25) is 0 Å². The first kappa shape index (κ1) is 33.0. The first-order valence-electron chi connectivity index (χ1n) is 15.3. The van der Waals surface area contributed by atoms with Crippen LogP contribution in [-0.4, -0.2) is 71.5 Å². The van der Waals surface area contributed by atoms with E-state index in [4.69, 9.17) is 18.9 Å². The molecule has 1 aliphatic rings. The van der Waals surface area contributed by atoms with Crippen LogP contribution >= 0.6 is 0 Å². The molecule has 2 unspecified atom stereocenters. The highest BCUT2D eigenvalue weighted by Gasteiger charge is 2.28. The van der Waals surface area contributed by atoms with Gasteiger partial charge >= 0.3 is 0 Å². The van der Waals surface area contributed by atoms with E-state index in [1.807, 2.05) is 60.7 Å². The lowest BCUT2D eigenvalue weighted by atomic mass is 9.87. The normalized spacial score (nSPS) is 16.2. The number of likely N-dealkylation sites (N-methyl/N-ethyl adjacent to an activating group) is 1. The Morgan fingerprint density at radius 2 is 1.73 bits per heavy atom. The van der Waals surface area contributed by atoms with Crippen LogP contribution in [0.25, 0.3) is 0 Å². The van der Waals surface area contributed by atoms with Gasteiger partial charge in [0.2, 0.25) is 5.91 Å². The molecule has 2 amide bonds. The predicted octanol–water partition coefficient (Wildman–Crippen LogP) is 4.48. The second-order valence-corrected chi connectivity index (χ2v) is 10.9. The highest BCUT2D eigenvalue weighted by Crippen LogP contribution is 2.29. The molecule has 0 spiro atoms. The van der Waals surface area contributed by atoms with Crippen LogP contribution in [0, 0.1) is 0 Å². The van der Waals surface area contributed by atoms with E-state index in [-0.39, 0.29) is 30.4 Å². The number of nitrogens with zero attached hydrogens (tertiary/aromatic N) is 1. The van der Waals surface area contributed by atoms with Gasteiger partial charge < -0.3 is 34.5 Å². The van der Waals surface area contributed by atoms with Gasteiger partial charge in [-0.2, -0.15) is 0 Å². The standard InChI is InChI=1S/C35H45N3O6/c1-26(39)37-20-17-28-9-4-6-11-32(28)38(2)35(40)25-44-34-23-36-19-18-31(34)27-13-15-30(16-14-27)43-22-8-21-42-24-29-10-5-7-12-33(29)41-3/h4-7,9-16,31,34,36H,8,17-25H2,1-3H3,(H,37,39). The van der Waals surface area contributed by atoms with Crippen LogP contribution in [-0.2, 0) is 32.1 Å². The Morgan fingerprint density at radius 1 is 0.977 bits per heavy atom. The maximum atomic E-state index is 13.2. The van der Waals surface area contributed by atoms with Gasteiger partial charge in [0.1, 0.15) is 18.1 Å². The van der Waals surface area contributed by atoms with Gasteiger partial charge in [-0.1, -0.05) is 48.5 Å². The Balaban J connectivity index is 1.23. The van der Waals surface area contributed by atoms with Gasteiger partial charge in [0.05, 0.1) is 33.0 Å². The van der Waals surface area contributed by atoms with Crippen LogP contribution in [0.3, 0.4) is 0 Å². The quantitative estimate of drug-likeness (QED) is 0.233. The van der Waals surface area contributed by atoms with Crippen molar-refractivity contribution in [3.8, 4) is 11.5 Å². The first-order chi connectivity index (χ1) is 21.5. The lowest BCUT2D eigenvalue weighted by Crippen LogP contribution is -2.43. The second-order valence-electron chi connectivity index (χ2n) is 10.9. The Kier molecular flexibility index (Phi) is 13.0. The maximum absolute atomic E-state index is 13.2. The number of piperidine rings is 1. The lowest BCUT2D eigenvalue weighted by Gasteiger charge is -2.33. The zero-order chi connectivity index (χ0) is 31.1. The number of ether oxygens (including phenoxy) is 4. The Hall–Kier alpha value is -3.92. The minimum atomic E-state index is -0.122. The number of amides is 2. The van der Waals surface area contributed by atoms with Gasteiger partial charge in [-0.15, -0.1) is 0 Å². The number of hydrogen-bond donors (Lipinski definition) is 2. The maximum Gasteiger partial charge on any atom is 0.252 e. The number of carbonyl (C=O) groups is 2. The number of anilines is 1. The molecule has 236 valence electrons. The summed E-state index contributed by atoms with van der Waals surface area (Å²) in [6.45, 7) is 5.25. The molecule has 4 rings (SSSR count). The van der Waals surface area contributed by atoms with E-state index in [0.29, 0.717) is 39.3 Å². The summed E-state index contributed by atoms with van der Waals surface area (Å²) in [5.74, 6) is 1.65. The molecule has 3 aromatic rings. The molecule has 1 saturated heterocycles. The zero-order valence-electron chi connectivity index (χ0n) is 26.1. The summed E-state index contributed by atoms with van der Waals surface area (Å²) in [5.41, 5.74) is 4.03. The summed E-state index contributed by atoms with van der Waals surface area (Å²) in [4.78, 5) is 26.1. The number of rotatable bonds is 16. The number of carbonyl (C=O) groups excluding carboxylic acids is 2. The number of benzene rings is 3. The zero-order valence-corrected chi connectivity index (χ0v) is 26.1. The molecule has 2 N–H and O–H groups in total. The van der Waals surface area contributed by atoms with Gasteiger partial charge in [0.15, 0.2) is 0 Å². The summed E-state index contributed by atoms with van der Waals surface area (Å²) in [7, 11) is 3.43. The van der Waals surface area contributed by atoms with Gasteiger partial charge in [-0.05, 0) is 54.8 Å². The van der Waals surface area contributed by atoms with E-state index in [0.717, 1.165) is 47.7 Å². The average molecular weight is 604 g/mol. The fourth-order valence-corrected chi connectivity index (χ4v) is 5.39. The van der Waals surface area contributed by atoms with Crippen molar-refractivity contribution in [1.29, 1.82) is 0 Å². The Labute approximate surface area is 260 Å². The molecule has 44 heavy (non-hydrogen) atoms. The minimum absolute atomic E-state index is 0.0142. The number of nitrogens with one attached hydrogen (secondary N) is 2. The fourth-order valence-electron chi connectivity index (χ4n) is 5.39. The third-order valence-corrected chi connectivity index (χ3v) is 7.80. The smallest absolute Gasteiger partial charge is 0.252 e. The molecule has 9 nitrogen and oxygen atoms in total. The van der Waals surface area contributed by atoms with Crippen LogP contribution in [0.1, 0.15) is 42.4 Å². The molecule has 3 aromatic carbocycles. The van der Waals surface area contributed by atoms with E-state index in [9.17, 15) is 9.59 Å². The van der Waals surface area contributed by atoms with Crippen LogP contribution < -0.4 is 25.0 Å². The summed E-state index contributed by atoms with van der Waals surface area (Å²) >= 11 is 0. The molecule has 2 atom stereocenters. The summed E-state index contributed by atoms with van der Waals surface area (Å²) in [5, 5.41) is 6.22. The van der Waals surface area contributed by atoms with Gasteiger partial charge in [0.25, 0.3) is 5.91 Å². The van der Waals surface area contributed by atoms with Gasteiger partial charge in [0, 0.05) is 50.7 Å². The van der Waals surface area contributed by atoms with Gasteiger partial charge in [-0.25, -0.2) is 0 Å². The van der Waals surface area contributed by atoms with E-state index >= 15 is 0 Å². The lowest BCUT2D eigenvalue weighted by molar-refractivity contribution is -0.125. The van der Waals surface area contributed by atoms with Crippen LogP contribution in [0.15, 0.2) is 72.8 Å². The molecule has 0 radical (unpaired) electrons. The highest BCUT2D eigenvalue weighted by atomic mass is 16.5. The van der Waals surface area contributed by atoms with Crippen molar-refractivity contribution < 1.29 is 28.5 Å². The van der Waals surface area contributed by atoms with E-state index < -0.39 is 0 Å². The number of para-hydroxylation sites is 2. The third-order valence-electron chi connectivity index (χ3n) is 7.80. The van der Waals surface area contributed by atoms with E-state index in [1.165, 1.54) is 12.5 Å². The summed E-state index contributed by atoms with van der Waals surface area (Å²) < 4.78 is 23.3. The van der Waals surface area contributed by atoms with Crippen molar-refractivity contribution in [2.75, 3.05) is 58.5 Å². The van der Waals surface area contributed by atoms with Crippen molar-refractivity contribution in [3.05, 3.63) is 89.5 Å². The predicted molar refractivity (Wildman–Crippen MR) is 171 cm³/mol. The molecule has 1 fully saturated rings. The van der Waals surface area contributed by atoms with Crippen molar-refractivity contribution in [2.24, 2.45) is 0 Å². The average Bonchev–Trinajstić information content (AvgIpc) is 3.05. The molecule has 0 aliphatic carbocycles. The van der Waals surface area contributed by atoms with Crippen molar-refractivity contribution in [1.82, 2.24) is 10.6 Å². The topological polar surface area (TPSA) is 98.4 Å². The minimum Gasteiger partial charge on any atom is -0.496 e. The molecule has 0 saturated carbocycles. The van der Waals surface area contributed by atoms with E-state index in [1.54, 1.807) is 19.1 Å². The third kappa shape index (κ3) is 9.80. The van der Waals surface area contributed by atoms with Gasteiger partial charge in [-0.3, -0.25) is 9.59 Å². The second kappa shape index (κ2) is 17.4. The summed E-state index contributed by atoms with van der Waals surface area (Å²) in [6, 6.07) is 23.8. The number of methoxy groups -OCH3 is 1. The first-order valence-corrected chi connectivity index (χ1v) is 15.3. The van der Waals surface area contributed by atoms with Crippen molar-refractivity contribution in [2.45, 2.75) is 44.8 Å². The molecule has 1 aliphatic heterocycles. The van der Waals surface area contributed by atoms with Crippen LogP contribution in [0.4, 0.5) is 5.69 Å². The molecule has 0 aromatic heterocycles. The molecular formula is C35H45N3O6. The molecule has 9 heteroatoms. The van der Waals surface area contributed by atoms with Crippen molar-refractivity contribution in [3.63, 3.8) is 0 Å². The van der Waals surface area contributed by atoms with Crippen molar-refractivity contribution >= 4 is 17.5 Å². The molecule has 0 bridgehead atoms. The monoisotopic (exact) mass is 603 g/mol. The molecule has 1 heterocycles.